The van der Waals surface area contributed by atoms with E-state index >= 15 is 0 Å². The van der Waals surface area contributed by atoms with E-state index in [0.717, 1.165) is 25.9 Å². The van der Waals surface area contributed by atoms with E-state index in [4.69, 9.17) is 4.74 Å². The first-order valence-electron chi connectivity index (χ1n) is 10.2. The average Bonchev–Trinajstić information content (AvgIpc) is 3.39. The first kappa shape index (κ1) is 20.1. The van der Waals surface area contributed by atoms with Crippen LogP contribution in [0.4, 0.5) is 0 Å². The number of Topliss-reactive ketones (excluding diaryl/α,β-unsaturated/α-hetero) is 1. The molecule has 1 aromatic heterocycles. The number of carbonyl (C=O) groups excluding carboxylic acids is 2. The molecule has 7 heteroatoms. The van der Waals surface area contributed by atoms with Gasteiger partial charge in [-0.15, -0.1) is 0 Å². The molecule has 2 fully saturated rings. The number of carbonyl (C=O) groups is 2. The normalized spacial score (nSPS) is 21.4. The van der Waals surface area contributed by atoms with Gasteiger partial charge in [0.2, 0.25) is 0 Å². The summed E-state index contributed by atoms with van der Waals surface area (Å²) in [4.78, 5) is 33.9. The van der Waals surface area contributed by atoms with Gasteiger partial charge < -0.3 is 19.6 Å². The first-order chi connectivity index (χ1) is 14.6. The predicted octanol–water partition coefficient (Wildman–Crippen LogP) is 2.61. The van der Waals surface area contributed by atoms with Crippen molar-refractivity contribution in [2.24, 2.45) is 0 Å². The Morgan fingerprint density at radius 3 is 2.50 bits per heavy atom. The van der Waals surface area contributed by atoms with E-state index in [2.05, 4.69) is 9.88 Å². The van der Waals surface area contributed by atoms with Crippen molar-refractivity contribution >= 4 is 17.4 Å². The van der Waals surface area contributed by atoms with Gasteiger partial charge >= 0.3 is 0 Å². The number of ketones is 1. The van der Waals surface area contributed by atoms with Gasteiger partial charge in [0.05, 0.1) is 18.7 Å². The van der Waals surface area contributed by atoms with E-state index in [1.54, 1.807) is 54.7 Å². The van der Waals surface area contributed by atoms with Crippen molar-refractivity contribution < 1.29 is 19.4 Å². The number of nitrogens with zero attached hydrogens (tertiary/aromatic N) is 3. The number of hydrogen-bond acceptors (Lipinski definition) is 6. The van der Waals surface area contributed by atoms with Crippen molar-refractivity contribution in [1.82, 2.24) is 14.8 Å². The maximum atomic E-state index is 13.0. The van der Waals surface area contributed by atoms with Crippen LogP contribution in [-0.4, -0.2) is 64.9 Å². The summed E-state index contributed by atoms with van der Waals surface area (Å²) in [6, 6.07) is 9.69. The maximum Gasteiger partial charge on any atom is 0.295 e. The quantitative estimate of drug-likeness (QED) is 0.450. The zero-order valence-electron chi connectivity index (χ0n) is 17.0. The molecular weight excluding hydrogens is 382 g/mol. The van der Waals surface area contributed by atoms with Gasteiger partial charge in [0.15, 0.2) is 0 Å². The van der Waals surface area contributed by atoms with E-state index < -0.39 is 17.7 Å². The molecule has 2 aromatic rings. The number of aliphatic hydroxyl groups excluding tert-OH is 1. The predicted molar refractivity (Wildman–Crippen MR) is 112 cm³/mol. The van der Waals surface area contributed by atoms with Crippen LogP contribution in [0.25, 0.3) is 5.76 Å². The van der Waals surface area contributed by atoms with Crippen LogP contribution in [0.1, 0.15) is 30.0 Å². The topological polar surface area (TPSA) is 83.0 Å². The number of aromatic nitrogens is 1. The second kappa shape index (κ2) is 8.67. The highest BCUT2D eigenvalue weighted by Crippen LogP contribution is 2.39. The van der Waals surface area contributed by atoms with Crippen molar-refractivity contribution in [1.29, 1.82) is 0 Å². The fraction of sp³-hybridized carbons (Fsp3) is 0.348. The molecule has 156 valence electrons. The van der Waals surface area contributed by atoms with Crippen LogP contribution in [0.3, 0.4) is 0 Å². The Balaban J connectivity index is 1.73. The lowest BCUT2D eigenvalue weighted by molar-refractivity contribution is -0.140. The summed E-state index contributed by atoms with van der Waals surface area (Å²) in [5.74, 6) is -0.799. The Bertz CT molecular complexity index is 950. The molecule has 7 nitrogen and oxygen atoms in total. The lowest BCUT2D eigenvalue weighted by Crippen LogP contribution is -2.37. The fourth-order valence-electron chi connectivity index (χ4n) is 4.15. The van der Waals surface area contributed by atoms with Gasteiger partial charge in [-0.1, -0.05) is 6.07 Å². The van der Waals surface area contributed by atoms with Crippen LogP contribution in [0, 0.1) is 0 Å². The molecule has 4 rings (SSSR count). The number of aliphatic hydroxyl groups is 1. The highest BCUT2D eigenvalue weighted by Gasteiger charge is 2.46. The summed E-state index contributed by atoms with van der Waals surface area (Å²) in [6.45, 7) is 3.14. The molecule has 1 N–H and O–H groups in total. The van der Waals surface area contributed by atoms with Crippen LogP contribution >= 0.6 is 0 Å². The molecule has 0 radical (unpaired) electrons. The maximum absolute atomic E-state index is 13.0. The Morgan fingerprint density at radius 1 is 1.13 bits per heavy atom. The third-order valence-electron chi connectivity index (χ3n) is 5.76. The van der Waals surface area contributed by atoms with E-state index in [1.807, 2.05) is 6.07 Å². The van der Waals surface area contributed by atoms with Gasteiger partial charge in [0.1, 0.15) is 11.5 Å². The molecular formula is C23H25N3O4. The SMILES string of the molecule is COc1ccc(/C(O)=C2\C(=O)C(=O)N(CCN3CCCC3)C2c2cccnc2)cc1. The lowest BCUT2D eigenvalue weighted by atomic mass is 9.96. The van der Waals surface area contributed by atoms with Crippen molar-refractivity contribution in [3.05, 3.63) is 65.5 Å². The molecule has 30 heavy (non-hydrogen) atoms. The monoisotopic (exact) mass is 407 g/mol. The van der Waals surface area contributed by atoms with Gasteiger partial charge in [0.25, 0.3) is 11.7 Å². The second-order valence-electron chi connectivity index (χ2n) is 7.56. The summed E-state index contributed by atoms with van der Waals surface area (Å²) in [5.41, 5.74) is 1.26. The van der Waals surface area contributed by atoms with Gasteiger partial charge in [-0.05, 0) is 61.8 Å². The molecule has 2 saturated heterocycles. The van der Waals surface area contributed by atoms with E-state index in [9.17, 15) is 14.7 Å². The van der Waals surface area contributed by atoms with Crippen molar-refractivity contribution in [3.8, 4) is 5.75 Å². The number of hydrogen-bond donors (Lipinski definition) is 1. The number of benzene rings is 1. The molecule has 1 unspecified atom stereocenters. The van der Waals surface area contributed by atoms with Gasteiger partial charge in [-0.2, -0.15) is 0 Å². The Hall–Kier alpha value is -3.19. The Morgan fingerprint density at radius 2 is 1.87 bits per heavy atom. The second-order valence-corrected chi connectivity index (χ2v) is 7.56. The first-order valence-corrected chi connectivity index (χ1v) is 10.2. The van der Waals surface area contributed by atoms with E-state index in [1.165, 1.54) is 0 Å². The molecule has 0 aliphatic carbocycles. The molecule has 2 aliphatic rings. The molecule has 1 amide bonds. The molecule has 1 aromatic carbocycles. The minimum absolute atomic E-state index is 0.0968. The summed E-state index contributed by atoms with van der Waals surface area (Å²) in [5, 5.41) is 11.0. The summed E-state index contributed by atoms with van der Waals surface area (Å²) in [7, 11) is 1.56. The highest BCUT2D eigenvalue weighted by molar-refractivity contribution is 6.46. The van der Waals surface area contributed by atoms with E-state index in [0.29, 0.717) is 30.0 Å². The van der Waals surface area contributed by atoms with Crippen molar-refractivity contribution in [3.63, 3.8) is 0 Å². The minimum atomic E-state index is -0.668. The van der Waals surface area contributed by atoms with Gasteiger partial charge in [0, 0.05) is 31.0 Å². The van der Waals surface area contributed by atoms with Gasteiger partial charge in [-0.3, -0.25) is 14.6 Å². The lowest BCUT2D eigenvalue weighted by Gasteiger charge is -2.27. The number of ether oxygens (including phenoxy) is 1. The van der Waals surface area contributed by atoms with Crippen LogP contribution in [0.5, 0.6) is 5.75 Å². The zero-order valence-corrected chi connectivity index (χ0v) is 17.0. The largest absolute Gasteiger partial charge is 0.507 e. The number of amides is 1. The summed E-state index contributed by atoms with van der Waals surface area (Å²) in [6.07, 6.45) is 5.59. The molecule has 3 heterocycles. The molecule has 0 saturated carbocycles. The Labute approximate surface area is 175 Å². The molecule has 0 bridgehead atoms. The van der Waals surface area contributed by atoms with Crippen molar-refractivity contribution in [2.75, 3.05) is 33.3 Å². The third kappa shape index (κ3) is 3.80. The molecule has 1 atom stereocenters. The number of methoxy groups -OCH3 is 1. The smallest absolute Gasteiger partial charge is 0.295 e. The van der Waals surface area contributed by atoms with E-state index in [-0.39, 0.29) is 11.3 Å². The van der Waals surface area contributed by atoms with Gasteiger partial charge in [-0.25, -0.2) is 0 Å². The number of rotatable bonds is 6. The van der Waals surface area contributed by atoms with Crippen LogP contribution < -0.4 is 4.74 Å². The zero-order chi connectivity index (χ0) is 21.1. The highest BCUT2D eigenvalue weighted by atomic mass is 16.5. The average molecular weight is 407 g/mol. The molecule has 2 aliphatic heterocycles. The Kier molecular flexibility index (Phi) is 5.81. The summed E-state index contributed by atoms with van der Waals surface area (Å²) >= 11 is 0. The summed E-state index contributed by atoms with van der Waals surface area (Å²) < 4.78 is 5.16. The molecule has 0 spiro atoms. The van der Waals surface area contributed by atoms with Crippen molar-refractivity contribution in [2.45, 2.75) is 18.9 Å². The third-order valence-corrected chi connectivity index (χ3v) is 5.76. The number of pyridine rings is 1. The van der Waals surface area contributed by atoms with Crippen LogP contribution in [0.15, 0.2) is 54.4 Å². The number of likely N-dealkylation sites (tertiary alicyclic amines) is 2. The minimum Gasteiger partial charge on any atom is -0.507 e. The standard InChI is InChI=1S/C23H25N3O4/c1-30-18-8-6-16(7-9-18)21(27)19-20(17-5-4-10-24-15-17)26(23(29)22(19)28)14-13-25-11-2-3-12-25/h4-10,15,20,27H,2-3,11-14H2,1H3/b21-19+. The van der Waals surface area contributed by atoms with Crippen LogP contribution in [0.2, 0.25) is 0 Å². The van der Waals surface area contributed by atoms with Crippen LogP contribution in [-0.2, 0) is 9.59 Å². The fourth-order valence-corrected chi connectivity index (χ4v) is 4.15.